The smallest absolute Gasteiger partial charge is 0.270 e. The SMILES string of the molecule is Cc1nnc2sc(-c3ccc(CNC(=S)NC(=O)c4cccc([N+](=O)[O-])c4)cc3)nn12. The van der Waals surface area contributed by atoms with E-state index in [0.29, 0.717) is 6.54 Å². The lowest BCUT2D eigenvalue weighted by molar-refractivity contribution is -0.384. The molecule has 0 atom stereocenters. The number of nitrogens with one attached hydrogen (secondary N) is 2. The molecular weight excluding hydrogens is 438 g/mol. The Morgan fingerprint density at radius 3 is 2.71 bits per heavy atom. The van der Waals surface area contributed by atoms with Gasteiger partial charge in [0, 0.05) is 29.8 Å². The third-order valence-corrected chi connectivity index (χ3v) is 5.54. The summed E-state index contributed by atoms with van der Waals surface area (Å²) in [6, 6.07) is 13.2. The predicted molar refractivity (Wildman–Crippen MR) is 119 cm³/mol. The van der Waals surface area contributed by atoms with Crippen molar-refractivity contribution in [1.29, 1.82) is 0 Å². The minimum Gasteiger partial charge on any atom is -0.358 e. The molecule has 0 aliphatic rings. The van der Waals surface area contributed by atoms with Crippen LogP contribution in [-0.4, -0.2) is 35.8 Å². The molecule has 0 bridgehead atoms. The van der Waals surface area contributed by atoms with Crippen molar-refractivity contribution in [2.24, 2.45) is 0 Å². The number of non-ortho nitro benzene ring substituents is 1. The Balaban J connectivity index is 1.34. The van der Waals surface area contributed by atoms with Gasteiger partial charge in [-0.05, 0) is 30.8 Å². The summed E-state index contributed by atoms with van der Waals surface area (Å²) >= 11 is 6.61. The Bertz CT molecular complexity index is 1300. The molecule has 4 aromatic rings. The number of nitro groups is 1. The van der Waals surface area contributed by atoms with Crippen molar-refractivity contribution in [3.05, 3.63) is 75.6 Å². The lowest BCUT2D eigenvalue weighted by atomic mass is 10.1. The molecule has 0 aliphatic carbocycles. The number of hydrogen-bond acceptors (Lipinski definition) is 8. The van der Waals surface area contributed by atoms with Gasteiger partial charge in [0.1, 0.15) is 5.01 Å². The van der Waals surface area contributed by atoms with Crippen molar-refractivity contribution < 1.29 is 9.72 Å². The van der Waals surface area contributed by atoms with E-state index in [9.17, 15) is 14.9 Å². The first-order valence-electron chi connectivity index (χ1n) is 9.02. The molecule has 2 N–H and O–H groups in total. The molecule has 0 fully saturated rings. The normalized spacial score (nSPS) is 10.7. The highest BCUT2D eigenvalue weighted by molar-refractivity contribution is 7.80. The van der Waals surface area contributed by atoms with Crippen LogP contribution in [0.3, 0.4) is 0 Å². The van der Waals surface area contributed by atoms with Gasteiger partial charge < -0.3 is 5.32 Å². The second kappa shape index (κ2) is 8.53. The number of rotatable bonds is 5. The number of amides is 1. The highest BCUT2D eigenvalue weighted by atomic mass is 32.1. The van der Waals surface area contributed by atoms with E-state index in [-0.39, 0.29) is 16.4 Å². The molecular formula is C19H15N7O3S2. The molecule has 12 heteroatoms. The van der Waals surface area contributed by atoms with Gasteiger partial charge in [-0.3, -0.25) is 20.2 Å². The topological polar surface area (TPSA) is 127 Å². The molecule has 0 radical (unpaired) electrons. The fourth-order valence-electron chi connectivity index (χ4n) is 2.76. The number of thiocarbonyl (C=S) groups is 1. The Kier molecular flexibility index (Phi) is 5.64. The van der Waals surface area contributed by atoms with Crippen LogP contribution in [0, 0.1) is 17.0 Å². The van der Waals surface area contributed by atoms with Crippen LogP contribution in [0.25, 0.3) is 15.5 Å². The quantitative estimate of drug-likeness (QED) is 0.268. The molecule has 0 saturated carbocycles. The third-order valence-electron chi connectivity index (χ3n) is 4.35. The molecule has 1 amide bonds. The van der Waals surface area contributed by atoms with Gasteiger partial charge >= 0.3 is 0 Å². The number of aromatic nitrogens is 4. The zero-order chi connectivity index (χ0) is 22.0. The van der Waals surface area contributed by atoms with Crippen molar-refractivity contribution in [1.82, 2.24) is 30.4 Å². The zero-order valence-electron chi connectivity index (χ0n) is 16.1. The lowest BCUT2D eigenvalue weighted by Gasteiger charge is -2.10. The molecule has 2 aromatic carbocycles. The Labute approximate surface area is 185 Å². The first-order chi connectivity index (χ1) is 14.9. The van der Waals surface area contributed by atoms with E-state index in [4.69, 9.17) is 12.2 Å². The summed E-state index contributed by atoms with van der Waals surface area (Å²) in [6.07, 6.45) is 0. The van der Waals surface area contributed by atoms with Crippen molar-refractivity contribution >= 4 is 45.2 Å². The number of carbonyl (C=O) groups is 1. The molecule has 2 aromatic heterocycles. The van der Waals surface area contributed by atoms with Crippen LogP contribution in [0.4, 0.5) is 5.69 Å². The first kappa shape index (κ1) is 20.5. The summed E-state index contributed by atoms with van der Waals surface area (Å²) in [6.45, 7) is 2.25. The van der Waals surface area contributed by atoms with E-state index in [2.05, 4.69) is 25.9 Å². The van der Waals surface area contributed by atoms with Gasteiger partial charge in [-0.25, -0.2) is 0 Å². The van der Waals surface area contributed by atoms with Crippen LogP contribution in [0.1, 0.15) is 21.7 Å². The number of nitrogens with zero attached hydrogens (tertiary/aromatic N) is 5. The summed E-state index contributed by atoms with van der Waals surface area (Å²) in [7, 11) is 0. The molecule has 31 heavy (non-hydrogen) atoms. The number of benzene rings is 2. The zero-order valence-corrected chi connectivity index (χ0v) is 17.7. The van der Waals surface area contributed by atoms with Gasteiger partial charge in [0.05, 0.1) is 4.92 Å². The lowest BCUT2D eigenvalue weighted by Crippen LogP contribution is -2.38. The van der Waals surface area contributed by atoms with Gasteiger partial charge in [0.15, 0.2) is 10.9 Å². The fraction of sp³-hybridized carbons (Fsp3) is 0.105. The Morgan fingerprint density at radius 1 is 1.23 bits per heavy atom. The maximum absolute atomic E-state index is 12.2. The van der Waals surface area contributed by atoms with Gasteiger partial charge in [-0.2, -0.15) is 9.61 Å². The minimum atomic E-state index is -0.557. The molecule has 4 rings (SSSR count). The Morgan fingerprint density at radius 2 is 2.00 bits per heavy atom. The van der Waals surface area contributed by atoms with Crippen LogP contribution in [0.2, 0.25) is 0 Å². The highest BCUT2D eigenvalue weighted by Crippen LogP contribution is 2.25. The van der Waals surface area contributed by atoms with E-state index in [1.54, 1.807) is 4.52 Å². The Hall–Kier alpha value is -3.77. The van der Waals surface area contributed by atoms with Crippen LogP contribution in [-0.2, 0) is 6.54 Å². The van der Waals surface area contributed by atoms with Gasteiger partial charge in [0.2, 0.25) is 4.96 Å². The van der Waals surface area contributed by atoms with Crippen LogP contribution >= 0.6 is 23.6 Å². The maximum atomic E-state index is 12.2. The summed E-state index contributed by atoms with van der Waals surface area (Å²) in [5.41, 5.74) is 1.91. The second-order valence-electron chi connectivity index (χ2n) is 6.49. The van der Waals surface area contributed by atoms with Gasteiger partial charge in [0.25, 0.3) is 11.6 Å². The van der Waals surface area contributed by atoms with Crippen LogP contribution < -0.4 is 10.6 Å². The molecule has 156 valence electrons. The van der Waals surface area contributed by atoms with Crippen molar-refractivity contribution in [2.75, 3.05) is 0 Å². The molecule has 0 unspecified atom stereocenters. The fourth-order valence-corrected chi connectivity index (χ4v) is 3.81. The number of carbonyl (C=O) groups excluding carboxylic acids is 1. The standard InChI is InChI=1S/C19H15N7O3S2/c1-11-22-23-19-25(11)24-17(31-19)13-7-5-12(6-8-13)10-20-18(30)21-16(27)14-3-2-4-15(9-14)26(28)29/h2-9H,10H2,1H3,(H2,20,21,27,30). The third kappa shape index (κ3) is 4.54. The number of fused-ring (bicyclic) bond motifs is 1. The van der Waals surface area contributed by atoms with E-state index >= 15 is 0 Å². The maximum Gasteiger partial charge on any atom is 0.270 e. The molecule has 0 saturated heterocycles. The van der Waals surface area contributed by atoms with E-state index in [1.807, 2.05) is 31.2 Å². The average molecular weight is 454 g/mol. The summed E-state index contributed by atoms with van der Waals surface area (Å²) in [5, 5.41) is 29.8. The largest absolute Gasteiger partial charge is 0.358 e. The summed E-state index contributed by atoms with van der Waals surface area (Å²) < 4.78 is 1.71. The predicted octanol–water partition coefficient (Wildman–Crippen LogP) is 2.87. The molecule has 2 heterocycles. The highest BCUT2D eigenvalue weighted by Gasteiger charge is 2.13. The number of nitro benzene ring substituents is 1. The first-order valence-corrected chi connectivity index (χ1v) is 10.2. The average Bonchev–Trinajstić information content (AvgIpc) is 3.35. The van der Waals surface area contributed by atoms with Crippen molar-refractivity contribution in [3.63, 3.8) is 0 Å². The van der Waals surface area contributed by atoms with Crippen LogP contribution in [0.5, 0.6) is 0 Å². The second-order valence-corrected chi connectivity index (χ2v) is 7.85. The van der Waals surface area contributed by atoms with Crippen molar-refractivity contribution in [2.45, 2.75) is 13.5 Å². The van der Waals surface area contributed by atoms with E-state index in [1.165, 1.54) is 35.6 Å². The number of aryl methyl sites for hydroxylation is 1. The number of hydrogen-bond donors (Lipinski definition) is 2. The molecule has 0 spiro atoms. The van der Waals surface area contributed by atoms with Crippen LogP contribution in [0.15, 0.2) is 48.5 Å². The summed E-state index contributed by atoms with van der Waals surface area (Å²) in [4.78, 5) is 23.3. The summed E-state index contributed by atoms with van der Waals surface area (Å²) in [5.74, 6) is 0.217. The monoisotopic (exact) mass is 453 g/mol. The van der Waals surface area contributed by atoms with E-state index < -0.39 is 10.8 Å². The molecule has 0 aliphatic heterocycles. The minimum absolute atomic E-state index is 0.129. The van der Waals surface area contributed by atoms with Crippen molar-refractivity contribution in [3.8, 4) is 10.6 Å². The van der Waals surface area contributed by atoms with Gasteiger partial charge in [-0.15, -0.1) is 10.2 Å². The molecule has 10 nitrogen and oxygen atoms in total. The van der Waals surface area contributed by atoms with E-state index in [0.717, 1.165) is 26.9 Å². The van der Waals surface area contributed by atoms with Gasteiger partial charge in [-0.1, -0.05) is 41.7 Å².